The molecule has 6 saturated carbocycles. The van der Waals surface area contributed by atoms with Gasteiger partial charge in [-0.25, -0.2) is 0 Å². The molecule has 16 nitrogen and oxygen atoms in total. The molecule has 560 valence electrons. The zero-order valence-corrected chi connectivity index (χ0v) is 62.7. The Kier molecular flexibility index (Phi) is 31.2. The van der Waals surface area contributed by atoms with Crippen LogP contribution in [0.3, 0.4) is 0 Å². The van der Waals surface area contributed by atoms with Crippen molar-refractivity contribution in [2.45, 2.75) is 201 Å². The minimum Gasteiger partial charge on any atom is -0.395 e. The van der Waals surface area contributed by atoms with Crippen LogP contribution in [0.1, 0.15) is 199 Å². The molecule has 6 aromatic carbocycles. The molecular weight excluding hydrogens is 1300 g/mol. The van der Waals surface area contributed by atoms with Crippen LogP contribution in [-0.4, -0.2) is 148 Å². The first-order valence-corrected chi connectivity index (χ1v) is 39.0. The lowest BCUT2D eigenvalue weighted by Crippen LogP contribution is -2.57. The van der Waals surface area contributed by atoms with Crippen molar-refractivity contribution in [3.8, 4) is 0 Å². The number of hydrogen-bond acceptors (Lipinski definition) is 16. The highest BCUT2D eigenvalue weighted by molar-refractivity contribution is 5.93. The van der Waals surface area contributed by atoms with Crippen molar-refractivity contribution in [2.75, 3.05) is 93.0 Å². The van der Waals surface area contributed by atoms with Gasteiger partial charge in [-0.3, -0.25) is 49.2 Å². The zero-order chi connectivity index (χ0) is 73.7. The van der Waals surface area contributed by atoms with E-state index in [1.807, 2.05) is 135 Å². The number of likely N-dealkylation sites (N-methyl/N-ethyl adjacent to an activating group) is 2. The fraction of sp³-hybridized carbons (Fsp3) is 0.523. The fourth-order valence-electron chi connectivity index (χ4n) is 17.7. The van der Waals surface area contributed by atoms with Crippen molar-refractivity contribution in [1.29, 1.82) is 0 Å². The molecule has 2 heterocycles. The summed E-state index contributed by atoms with van der Waals surface area (Å²) in [6, 6.07) is 56.8. The summed E-state index contributed by atoms with van der Waals surface area (Å²) in [4.78, 5) is 79.2. The number of morpholine rings is 2. The first-order chi connectivity index (χ1) is 50.7. The molecule has 0 spiro atoms. The second-order valence-electron chi connectivity index (χ2n) is 29.2. The number of nitrogens with zero attached hydrogens (tertiary/aromatic N) is 2. The Bertz CT molecular complexity index is 3430. The number of aliphatic hydroxyl groups excluding tert-OH is 2. The van der Waals surface area contributed by atoms with Gasteiger partial charge < -0.3 is 30.3 Å². The van der Waals surface area contributed by atoms with Crippen LogP contribution in [0.4, 0.5) is 0 Å². The van der Waals surface area contributed by atoms with E-state index in [2.05, 4.69) is 93.4 Å². The molecule has 16 heteroatoms. The van der Waals surface area contributed by atoms with E-state index < -0.39 is 22.2 Å². The maximum absolute atomic E-state index is 12.7. The lowest BCUT2D eigenvalue weighted by atomic mass is 9.74. The van der Waals surface area contributed by atoms with Crippen LogP contribution in [0.25, 0.3) is 0 Å². The molecule has 104 heavy (non-hydrogen) atoms. The standard InChI is InChI=1S/2C16H21NO2.2C14H19NO2.2C14H19NO/c2*18-15-8-4-5-9-16(15,14-6-2-1-3-7-14)17-10-12-19-13-11-17;2*16-11-10-15-14(9-5-4-8-13(14)17)12-6-2-1-3-7-12;2*1-11-7-3-4-8-12(11)14(15-2)10-6-5-9-13(14)16/h2*1-3,6-7H,4-5,8-13H2;2*1-3,6-7,15-16H,4-5,8-11H2;2*3-4,7-8,15H,5-6,9-10H2,1-2H3/t2*16-;4*14-/m101010/s1. The van der Waals surface area contributed by atoms with Crippen LogP contribution in [-0.2, 0) is 71.5 Å². The van der Waals surface area contributed by atoms with Crippen LogP contribution in [0.2, 0.25) is 0 Å². The average Bonchev–Trinajstić information content (AvgIpc) is 0.810. The maximum atomic E-state index is 12.7. The number of hydrogen-bond donors (Lipinski definition) is 6. The van der Waals surface area contributed by atoms with Gasteiger partial charge in [-0.2, -0.15) is 0 Å². The van der Waals surface area contributed by atoms with Crippen molar-refractivity contribution in [1.82, 2.24) is 31.1 Å². The molecule has 0 aromatic heterocycles. The SMILES string of the molecule is CN[C@@]1(c2ccccc2C)CCCCC1=O.CN[C@]1(c2ccccc2C)CCCCC1=O.O=C1CCCC[C@@]1(NCCO)c1ccccc1.O=C1CCCC[C@@]1(c1ccccc1)N1CCOCC1.O=C1CCCC[C@]1(NCCO)c1ccccc1.O=C1CCCC[C@]1(c1ccccc1)N1CCOCC1. The van der Waals surface area contributed by atoms with Gasteiger partial charge in [0.05, 0.1) is 39.6 Å². The van der Waals surface area contributed by atoms with Gasteiger partial charge in [0.1, 0.15) is 33.2 Å². The van der Waals surface area contributed by atoms with Gasteiger partial charge >= 0.3 is 0 Å². The molecule has 2 saturated heterocycles. The summed E-state index contributed by atoms with van der Waals surface area (Å²) in [5, 5.41) is 31.0. The minimum atomic E-state index is -0.567. The summed E-state index contributed by atoms with van der Waals surface area (Å²) in [6.07, 6.45) is 22.3. The Morgan fingerprint density at radius 3 is 0.856 bits per heavy atom. The van der Waals surface area contributed by atoms with Crippen molar-refractivity contribution >= 4 is 34.7 Å². The molecule has 14 rings (SSSR count). The highest BCUT2D eigenvalue weighted by Crippen LogP contribution is 2.44. The van der Waals surface area contributed by atoms with Gasteiger partial charge in [0, 0.05) is 77.8 Å². The van der Waals surface area contributed by atoms with Gasteiger partial charge in [-0.15, -0.1) is 0 Å². The number of aryl methyl sites for hydroxylation is 2. The molecule has 8 fully saturated rings. The van der Waals surface area contributed by atoms with E-state index in [0.717, 1.165) is 190 Å². The second-order valence-corrected chi connectivity index (χ2v) is 29.2. The molecule has 0 bridgehead atoms. The molecule has 0 radical (unpaired) electrons. The molecule has 0 amide bonds. The minimum absolute atomic E-state index is 0.0574. The monoisotopic (exact) mass is 1420 g/mol. The zero-order valence-electron chi connectivity index (χ0n) is 62.7. The van der Waals surface area contributed by atoms with E-state index >= 15 is 0 Å². The third kappa shape index (κ3) is 18.8. The number of Topliss-reactive ketones (excluding diaryl/α,β-unsaturated/α-hetero) is 6. The number of rotatable bonds is 16. The van der Waals surface area contributed by atoms with Gasteiger partial charge in [0.15, 0.2) is 34.7 Å². The Balaban J connectivity index is 0.000000145. The van der Waals surface area contributed by atoms with Crippen LogP contribution in [0, 0.1) is 13.8 Å². The Labute approximate surface area is 619 Å². The lowest BCUT2D eigenvalue weighted by molar-refractivity contribution is -0.140. The van der Waals surface area contributed by atoms with Gasteiger partial charge in [-0.05, 0) is 150 Å². The quantitative estimate of drug-likeness (QED) is 0.0531. The van der Waals surface area contributed by atoms with E-state index in [9.17, 15) is 28.8 Å². The predicted molar refractivity (Wildman–Crippen MR) is 412 cm³/mol. The Hall–Kier alpha value is -7.06. The largest absolute Gasteiger partial charge is 0.395 e. The van der Waals surface area contributed by atoms with Crippen LogP contribution >= 0.6 is 0 Å². The summed E-state index contributed by atoms with van der Waals surface area (Å²) < 4.78 is 10.9. The summed E-state index contributed by atoms with van der Waals surface area (Å²) >= 11 is 0. The molecule has 8 aliphatic rings. The van der Waals surface area contributed by atoms with E-state index in [4.69, 9.17) is 19.7 Å². The Morgan fingerprint density at radius 2 is 0.587 bits per heavy atom. The fourth-order valence-corrected chi connectivity index (χ4v) is 17.7. The predicted octanol–water partition coefficient (Wildman–Crippen LogP) is 13.0. The molecule has 6 aliphatic carbocycles. The first kappa shape index (κ1) is 81.0. The molecule has 6 aromatic rings. The highest BCUT2D eigenvalue weighted by Gasteiger charge is 2.49. The summed E-state index contributed by atoms with van der Waals surface area (Å²) in [5.74, 6) is 1.98. The van der Waals surface area contributed by atoms with E-state index in [1.165, 1.54) is 22.3 Å². The number of ketones is 6. The van der Waals surface area contributed by atoms with Gasteiger partial charge in [-0.1, -0.05) is 208 Å². The van der Waals surface area contributed by atoms with Crippen molar-refractivity contribution < 1.29 is 48.5 Å². The molecule has 6 atom stereocenters. The van der Waals surface area contributed by atoms with E-state index in [0.29, 0.717) is 74.7 Å². The number of benzene rings is 6. The second kappa shape index (κ2) is 40.1. The Morgan fingerprint density at radius 1 is 0.327 bits per heavy atom. The number of aliphatic hydroxyl groups is 2. The number of nitrogens with one attached hydrogen (secondary N) is 4. The average molecular weight is 1420 g/mol. The number of carbonyl (C=O) groups is 6. The highest BCUT2D eigenvalue weighted by atomic mass is 16.5. The smallest absolute Gasteiger partial charge is 0.157 e. The van der Waals surface area contributed by atoms with Gasteiger partial charge in [0.2, 0.25) is 0 Å². The van der Waals surface area contributed by atoms with Gasteiger partial charge in [0.25, 0.3) is 0 Å². The van der Waals surface area contributed by atoms with Crippen LogP contribution in [0.5, 0.6) is 0 Å². The molecule has 0 unspecified atom stereocenters. The summed E-state index contributed by atoms with van der Waals surface area (Å²) in [7, 11) is 3.80. The molecule has 6 N–H and O–H groups in total. The number of ether oxygens (including phenoxy) is 2. The summed E-state index contributed by atoms with van der Waals surface area (Å²) in [6.45, 7) is 11.6. The maximum Gasteiger partial charge on any atom is 0.157 e. The lowest BCUT2D eigenvalue weighted by Gasteiger charge is -2.47. The van der Waals surface area contributed by atoms with Crippen molar-refractivity contribution in [3.05, 3.63) is 214 Å². The summed E-state index contributed by atoms with van der Waals surface area (Å²) in [5.41, 5.74) is 6.34. The third-order valence-corrected chi connectivity index (χ3v) is 23.3. The third-order valence-electron chi connectivity index (χ3n) is 23.3. The topological polar surface area (TPSA) is 216 Å². The van der Waals surface area contributed by atoms with Crippen molar-refractivity contribution in [2.24, 2.45) is 0 Å². The van der Waals surface area contributed by atoms with E-state index in [1.54, 1.807) is 0 Å². The van der Waals surface area contributed by atoms with E-state index in [-0.39, 0.29) is 35.9 Å². The first-order valence-electron chi connectivity index (χ1n) is 39.0. The number of carbonyl (C=O) groups excluding carboxylic acids is 6. The van der Waals surface area contributed by atoms with Crippen molar-refractivity contribution in [3.63, 3.8) is 0 Å². The molecule has 2 aliphatic heterocycles. The van der Waals surface area contributed by atoms with Crippen LogP contribution in [0.15, 0.2) is 170 Å². The van der Waals surface area contributed by atoms with Crippen LogP contribution < -0.4 is 21.3 Å². The molecular formula is C88H118N6O10. The normalized spacial score (nSPS) is 26.8.